The van der Waals surface area contributed by atoms with Gasteiger partial charge in [-0.1, -0.05) is 0 Å². The molecule has 0 radical (unpaired) electrons. The number of anilines is 1. The monoisotopic (exact) mass is 265 g/mol. The zero-order valence-corrected chi connectivity index (χ0v) is 10.8. The Bertz CT molecular complexity index is 545. The molecule has 0 aliphatic rings. The number of aromatic nitrogens is 1. The number of hydrogen-bond acceptors (Lipinski definition) is 5. The molecule has 96 valence electrons. The van der Waals surface area contributed by atoms with E-state index in [-0.39, 0.29) is 0 Å². The molecule has 6 nitrogen and oxygen atoms in total. The van der Waals surface area contributed by atoms with Gasteiger partial charge in [-0.05, 0) is 19.1 Å². The smallest absolute Gasteiger partial charge is 0.194 e. The van der Waals surface area contributed by atoms with E-state index < -0.39 is 0 Å². The number of guanidine groups is 1. The second-order valence-electron chi connectivity index (χ2n) is 3.49. The van der Waals surface area contributed by atoms with Crippen molar-refractivity contribution in [3.63, 3.8) is 0 Å². The summed E-state index contributed by atoms with van der Waals surface area (Å²) in [6, 6.07) is 3.69. The summed E-state index contributed by atoms with van der Waals surface area (Å²) in [6.07, 6.45) is 0. The summed E-state index contributed by atoms with van der Waals surface area (Å²) in [5.74, 6) is 1.80. The molecule has 0 unspecified atom stereocenters. The van der Waals surface area contributed by atoms with Crippen molar-refractivity contribution in [2.45, 2.75) is 13.5 Å². The van der Waals surface area contributed by atoms with Gasteiger partial charge < -0.3 is 21.2 Å². The summed E-state index contributed by atoms with van der Waals surface area (Å²) in [5, 5.41) is 5.50. The molecular formula is C11H15N5OS. The van der Waals surface area contributed by atoms with Crippen LogP contribution in [0.5, 0.6) is 0 Å². The van der Waals surface area contributed by atoms with Crippen molar-refractivity contribution < 1.29 is 4.42 Å². The minimum Gasteiger partial charge on any atom is -0.458 e. The van der Waals surface area contributed by atoms with Gasteiger partial charge in [-0.25, -0.2) is 4.98 Å². The molecule has 0 saturated heterocycles. The van der Waals surface area contributed by atoms with Gasteiger partial charge in [0.25, 0.3) is 0 Å². The molecule has 0 bridgehead atoms. The van der Waals surface area contributed by atoms with Crippen molar-refractivity contribution in [3.05, 3.63) is 23.3 Å². The fraction of sp³-hybridized carbons (Fsp3) is 0.273. The molecule has 0 spiro atoms. The summed E-state index contributed by atoms with van der Waals surface area (Å²) in [4.78, 5) is 8.39. The Morgan fingerprint density at radius 3 is 3.06 bits per heavy atom. The maximum atomic E-state index is 5.66. The first-order valence-corrected chi connectivity index (χ1v) is 6.42. The molecule has 0 aliphatic carbocycles. The first-order valence-electron chi connectivity index (χ1n) is 5.54. The van der Waals surface area contributed by atoms with Crippen molar-refractivity contribution in [3.8, 4) is 11.5 Å². The average Bonchev–Trinajstić information content (AvgIpc) is 2.96. The third kappa shape index (κ3) is 2.88. The first-order chi connectivity index (χ1) is 8.72. The van der Waals surface area contributed by atoms with E-state index in [4.69, 9.17) is 15.9 Å². The third-order valence-corrected chi connectivity index (χ3v) is 2.94. The van der Waals surface area contributed by atoms with Crippen molar-refractivity contribution in [1.82, 2.24) is 4.98 Å². The van der Waals surface area contributed by atoms with Crippen LogP contribution >= 0.6 is 11.3 Å². The van der Waals surface area contributed by atoms with Gasteiger partial charge in [-0.2, -0.15) is 0 Å². The number of thiazole rings is 1. The number of rotatable bonds is 4. The van der Waals surface area contributed by atoms with Crippen molar-refractivity contribution in [1.29, 1.82) is 0 Å². The van der Waals surface area contributed by atoms with Crippen LogP contribution in [-0.2, 0) is 6.54 Å². The Morgan fingerprint density at radius 1 is 1.56 bits per heavy atom. The molecule has 2 heterocycles. The van der Waals surface area contributed by atoms with Gasteiger partial charge >= 0.3 is 0 Å². The van der Waals surface area contributed by atoms with Crippen LogP contribution in [0.15, 0.2) is 26.9 Å². The van der Waals surface area contributed by atoms with E-state index in [2.05, 4.69) is 15.3 Å². The van der Waals surface area contributed by atoms with Crippen LogP contribution in [0.1, 0.15) is 12.7 Å². The molecule has 2 rings (SSSR count). The highest BCUT2D eigenvalue weighted by atomic mass is 32.1. The lowest BCUT2D eigenvalue weighted by Crippen LogP contribution is -2.22. The van der Waals surface area contributed by atoms with Crippen LogP contribution in [0.25, 0.3) is 11.5 Å². The average molecular weight is 265 g/mol. The van der Waals surface area contributed by atoms with E-state index in [0.29, 0.717) is 29.9 Å². The summed E-state index contributed by atoms with van der Waals surface area (Å²) in [7, 11) is 0. The van der Waals surface area contributed by atoms with Crippen molar-refractivity contribution in [2.24, 2.45) is 16.5 Å². The van der Waals surface area contributed by atoms with Crippen molar-refractivity contribution >= 4 is 22.4 Å². The maximum absolute atomic E-state index is 5.66. The Labute approximate surface area is 109 Å². The molecule has 0 saturated carbocycles. The summed E-state index contributed by atoms with van der Waals surface area (Å²) < 4.78 is 5.51. The number of nitrogens with two attached hydrogens (primary N) is 2. The van der Waals surface area contributed by atoms with Gasteiger partial charge in [0, 0.05) is 11.9 Å². The van der Waals surface area contributed by atoms with E-state index >= 15 is 0 Å². The SMILES string of the molecule is CCN=C(N)Nc1nc(-c2ccc(CN)o2)cs1. The minimum atomic E-state index is 0.362. The van der Waals surface area contributed by atoms with Gasteiger partial charge in [0.15, 0.2) is 16.9 Å². The summed E-state index contributed by atoms with van der Waals surface area (Å²) in [6.45, 7) is 2.93. The van der Waals surface area contributed by atoms with Gasteiger partial charge in [-0.15, -0.1) is 11.3 Å². The standard InChI is InChI=1S/C11H15N5OS/c1-2-14-10(13)16-11-15-8(6-18-11)9-4-3-7(5-12)17-9/h3-4,6H,2,5,12H2,1H3,(H3,13,14,15,16). The Morgan fingerprint density at radius 2 is 2.39 bits per heavy atom. The van der Waals surface area contributed by atoms with E-state index in [1.807, 2.05) is 24.4 Å². The molecule has 0 aliphatic heterocycles. The highest BCUT2D eigenvalue weighted by molar-refractivity contribution is 7.14. The van der Waals surface area contributed by atoms with Crippen LogP contribution < -0.4 is 16.8 Å². The molecule has 2 aromatic heterocycles. The Balaban J connectivity index is 2.12. The second-order valence-corrected chi connectivity index (χ2v) is 4.35. The molecule has 2 aromatic rings. The fourth-order valence-electron chi connectivity index (χ4n) is 1.39. The molecule has 5 N–H and O–H groups in total. The first kappa shape index (κ1) is 12.6. The fourth-order valence-corrected chi connectivity index (χ4v) is 2.10. The highest BCUT2D eigenvalue weighted by Gasteiger charge is 2.09. The molecular weight excluding hydrogens is 250 g/mol. The van der Waals surface area contributed by atoms with Crippen LogP contribution in [0.2, 0.25) is 0 Å². The number of furan rings is 1. The van der Waals surface area contributed by atoms with E-state index in [1.165, 1.54) is 11.3 Å². The van der Waals surface area contributed by atoms with Crippen LogP contribution in [0.4, 0.5) is 5.13 Å². The predicted octanol–water partition coefficient (Wildman–Crippen LogP) is 1.61. The van der Waals surface area contributed by atoms with Crippen molar-refractivity contribution in [2.75, 3.05) is 11.9 Å². The topological polar surface area (TPSA) is 102 Å². The largest absolute Gasteiger partial charge is 0.458 e. The number of nitrogens with one attached hydrogen (secondary N) is 1. The molecule has 0 atom stereocenters. The minimum absolute atomic E-state index is 0.362. The zero-order chi connectivity index (χ0) is 13.0. The number of aliphatic imine (C=N–C) groups is 1. The van der Waals surface area contributed by atoms with E-state index in [0.717, 1.165) is 11.5 Å². The lowest BCUT2D eigenvalue weighted by Gasteiger charge is -1.99. The third-order valence-electron chi connectivity index (χ3n) is 2.18. The Hall–Kier alpha value is -1.86. The number of nitrogens with zero attached hydrogens (tertiary/aromatic N) is 2. The molecule has 0 aromatic carbocycles. The van der Waals surface area contributed by atoms with Gasteiger partial charge in [0.1, 0.15) is 11.5 Å². The maximum Gasteiger partial charge on any atom is 0.194 e. The lowest BCUT2D eigenvalue weighted by atomic mass is 10.3. The van der Waals surface area contributed by atoms with E-state index in [9.17, 15) is 0 Å². The summed E-state index contributed by atoms with van der Waals surface area (Å²) in [5.41, 5.74) is 11.9. The lowest BCUT2D eigenvalue weighted by molar-refractivity contribution is 0.524. The predicted molar refractivity (Wildman–Crippen MR) is 73.5 cm³/mol. The normalized spacial score (nSPS) is 11.8. The highest BCUT2D eigenvalue weighted by Crippen LogP contribution is 2.26. The van der Waals surface area contributed by atoms with Gasteiger partial charge in [0.05, 0.1) is 6.54 Å². The zero-order valence-electron chi connectivity index (χ0n) is 10.0. The van der Waals surface area contributed by atoms with Crippen LogP contribution in [0, 0.1) is 0 Å². The molecule has 7 heteroatoms. The summed E-state index contributed by atoms with van der Waals surface area (Å²) >= 11 is 1.44. The number of hydrogen-bond donors (Lipinski definition) is 3. The molecule has 0 amide bonds. The van der Waals surface area contributed by atoms with Gasteiger partial charge in [-0.3, -0.25) is 4.99 Å². The van der Waals surface area contributed by atoms with Crippen LogP contribution in [0.3, 0.4) is 0 Å². The van der Waals surface area contributed by atoms with Gasteiger partial charge in [0.2, 0.25) is 0 Å². The molecule has 0 fully saturated rings. The molecule has 18 heavy (non-hydrogen) atoms. The van der Waals surface area contributed by atoms with Crippen LogP contribution in [-0.4, -0.2) is 17.5 Å². The Kier molecular flexibility index (Phi) is 3.96. The van der Waals surface area contributed by atoms with E-state index in [1.54, 1.807) is 0 Å². The quantitative estimate of drug-likeness (QED) is 0.575. The second kappa shape index (κ2) is 5.65.